The molecule has 0 spiro atoms. The van der Waals surface area contributed by atoms with Crippen molar-refractivity contribution in [1.29, 1.82) is 0 Å². The largest absolute Gasteiger partial charge is 0.493 e. The Hall–Kier alpha value is -1.52. The summed E-state index contributed by atoms with van der Waals surface area (Å²) in [5, 5.41) is 0. The molecule has 0 saturated carbocycles. The predicted molar refractivity (Wildman–Crippen MR) is 89.6 cm³/mol. The molecule has 0 unspecified atom stereocenters. The predicted octanol–water partition coefficient (Wildman–Crippen LogP) is 4.82. The molecule has 0 aromatic heterocycles. The molecule has 1 atom stereocenters. The molecule has 3 rings (SSSR count). The van der Waals surface area contributed by atoms with E-state index in [-0.39, 0.29) is 11.7 Å². The van der Waals surface area contributed by atoms with Gasteiger partial charge in [-0.15, -0.1) is 0 Å². The first kappa shape index (κ1) is 15.4. The number of hydrogen-bond acceptors (Lipinski definition) is 3. The van der Waals surface area contributed by atoms with Gasteiger partial charge in [0.05, 0.1) is 19.8 Å². The first-order chi connectivity index (χ1) is 10.5. The van der Waals surface area contributed by atoms with Crippen molar-refractivity contribution in [3.8, 4) is 11.5 Å². The van der Waals surface area contributed by atoms with Gasteiger partial charge in [-0.1, -0.05) is 28.1 Å². The van der Waals surface area contributed by atoms with Crippen molar-refractivity contribution in [3.63, 3.8) is 0 Å². The third-order valence-corrected chi connectivity index (χ3v) is 4.60. The van der Waals surface area contributed by atoms with Crippen molar-refractivity contribution in [2.75, 3.05) is 14.2 Å². The molecule has 22 heavy (non-hydrogen) atoms. The van der Waals surface area contributed by atoms with Gasteiger partial charge in [0.2, 0.25) is 0 Å². The molecular formula is C18H19BrO3. The Morgan fingerprint density at radius 1 is 1.00 bits per heavy atom. The summed E-state index contributed by atoms with van der Waals surface area (Å²) in [5.41, 5.74) is 3.03. The van der Waals surface area contributed by atoms with Crippen molar-refractivity contribution in [3.05, 3.63) is 57.6 Å². The van der Waals surface area contributed by atoms with Gasteiger partial charge in [0.15, 0.2) is 11.5 Å². The summed E-state index contributed by atoms with van der Waals surface area (Å²) in [5.74, 6) is 1.46. The second-order valence-electron chi connectivity index (χ2n) is 5.85. The van der Waals surface area contributed by atoms with Gasteiger partial charge in [-0.3, -0.25) is 0 Å². The van der Waals surface area contributed by atoms with E-state index in [1.807, 2.05) is 24.3 Å². The minimum Gasteiger partial charge on any atom is -0.493 e. The summed E-state index contributed by atoms with van der Waals surface area (Å²) >= 11 is 3.47. The molecule has 116 valence electrons. The molecule has 0 fully saturated rings. The zero-order chi connectivity index (χ0) is 15.9. The lowest BCUT2D eigenvalue weighted by Gasteiger charge is -2.21. The van der Waals surface area contributed by atoms with Gasteiger partial charge in [-0.2, -0.15) is 0 Å². The van der Waals surface area contributed by atoms with Crippen LogP contribution in [0.1, 0.15) is 36.6 Å². The first-order valence-electron chi connectivity index (χ1n) is 7.16. The van der Waals surface area contributed by atoms with E-state index in [0.717, 1.165) is 32.7 Å². The van der Waals surface area contributed by atoms with E-state index in [1.54, 1.807) is 14.2 Å². The highest BCUT2D eigenvalue weighted by molar-refractivity contribution is 9.10. The average Bonchev–Trinajstić information content (AvgIpc) is 2.77. The Labute approximate surface area is 139 Å². The number of benzene rings is 2. The minimum atomic E-state index is -0.368. The van der Waals surface area contributed by atoms with Gasteiger partial charge in [-0.05, 0) is 54.8 Å². The average molecular weight is 363 g/mol. The molecular weight excluding hydrogens is 344 g/mol. The molecule has 4 heteroatoms. The Balaban J connectivity index is 2.14. The molecule has 1 aliphatic heterocycles. The first-order valence-corrected chi connectivity index (χ1v) is 7.95. The molecule has 3 nitrogen and oxygen atoms in total. The number of halogens is 1. The number of fused-ring (bicyclic) bond motifs is 1. The number of rotatable bonds is 3. The third kappa shape index (κ3) is 2.50. The molecule has 1 heterocycles. The van der Waals surface area contributed by atoms with Crippen molar-refractivity contribution in [2.24, 2.45) is 0 Å². The van der Waals surface area contributed by atoms with Gasteiger partial charge < -0.3 is 14.2 Å². The molecule has 0 aliphatic carbocycles. The fourth-order valence-electron chi connectivity index (χ4n) is 2.94. The van der Waals surface area contributed by atoms with Crippen LogP contribution in [0.3, 0.4) is 0 Å². The maximum absolute atomic E-state index is 6.32. The SMILES string of the molecule is COc1cc2c(cc1OC)C(C)(C)O[C@H]2c1ccc(Br)cc1. The van der Waals surface area contributed by atoms with Crippen LogP contribution < -0.4 is 9.47 Å². The zero-order valence-electron chi connectivity index (χ0n) is 13.1. The summed E-state index contributed by atoms with van der Waals surface area (Å²) in [7, 11) is 3.30. The maximum Gasteiger partial charge on any atom is 0.161 e. The molecule has 1 aliphatic rings. The van der Waals surface area contributed by atoms with Gasteiger partial charge >= 0.3 is 0 Å². The summed E-state index contributed by atoms with van der Waals surface area (Å²) in [6.07, 6.45) is -0.0992. The maximum atomic E-state index is 6.32. The highest BCUT2D eigenvalue weighted by Gasteiger charge is 2.39. The van der Waals surface area contributed by atoms with E-state index in [1.165, 1.54) is 0 Å². The molecule has 0 radical (unpaired) electrons. The summed E-state index contributed by atoms with van der Waals surface area (Å²) in [6, 6.07) is 12.3. The number of ether oxygens (including phenoxy) is 3. The standard InChI is InChI=1S/C18H19BrO3/c1-18(2)14-10-16(21-4)15(20-3)9-13(14)17(22-18)11-5-7-12(19)8-6-11/h5-10,17H,1-4H3/t17-/m0/s1. The quantitative estimate of drug-likeness (QED) is 0.783. The van der Waals surface area contributed by atoms with Crippen LogP contribution in [0.5, 0.6) is 11.5 Å². The second kappa shape index (κ2) is 5.60. The van der Waals surface area contributed by atoms with Crippen molar-refractivity contribution in [1.82, 2.24) is 0 Å². The zero-order valence-corrected chi connectivity index (χ0v) is 14.7. The smallest absolute Gasteiger partial charge is 0.161 e. The van der Waals surface area contributed by atoms with E-state index >= 15 is 0 Å². The highest BCUT2D eigenvalue weighted by atomic mass is 79.9. The van der Waals surface area contributed by atoms with E-state index in [2.05, 4.69) is 41.9 Å². The summed E-state index contributed by atoms with van der Waals surface area (Å²) in [4.78, 5) is 0. The van der Waals surface area contributed by atoms with Crippen LogP contribution >= 0.6 is 15.9 Å². The molecule has 2 aromatic carbocycles. The van der Waals surface area contributed by atoms with Crippen LogP contribution in [-0.2, 0) is 10.3 Å². The van der Waals surface area contributed by atoms with Gasteiger partial charge in [0.1, 0.15) is 6.10 Å². The minimum absolute atomic E-state index is 0.0992. The summed E-state index contributed by atoms with van der Waals surface area (Å²) in [6.45, 7) is 4.16. The highest BCUT2D eigenvalue weighted by Crippen LogP contribution is 2.49. The van der Waals surface area contributed by atoms with Crippen LogP contribution in [0.25, 0.3) is 0 Å². The molecule has 0 bridgehead atoms. The Morgan fingerprint density at radius 3 is 2.18 bits per heavy atom. The lowest BCUT2D eigenvalue weighted by atomic mass is 9.92. The molecule has 2 aromatic rings. The molecule has 0 N–H and O–H groups in total. The van der Waals surface area contributed by atoms with Crippen molar-refractivity contribution < 1.29 is 14.2 Å². The van der Waals surface area contributed by atoms with Gasteiger partial charge in [-0.25, -0.2) is 0 Å². The molecule has 0 saturated heterocycles. The van der Waals surface area contributed by atoms with E-state index in [9.17, 15) is 0 Å². The normalized spacial score (nSPS) is 18.9. The fourth-order valence-corrected chi connectivity index (χ4v) is 3.20. The lowest BCUT2D eigenvalue weighted by Crippen LogP contribution is -2.16. The monoisotopic (exact) mass is 362 g/mol. The number of methoxy groups -OCH3 is 2. The Bertz CT molecular complexity index is 692. The summed E-state index contributed by atoms with van der Waals surface area (Å²) < 4.78 is 18.2. The Kier molecular flexibility index (Phi) is 3.91. The van der Waals surface area contributed by atoms with Crippen LogP contribution in [0.15, 0.2) is 40.9 Å². The number of hydrogen-bond donors (Lipinski definition) is 0. The topological polar surface area (TPSA) is 27.7 Å². The van der Waals surface area contributed by atoms with E-state index in [4.69, 9.17) is 14.2 Å². The van der Waals surface area contributed by atoms with Crippen LogP contribution in [0.4, 0.5) is 0 Å². The van der Waals surface area contributed by atoms with Crippen LogP contribution in [-0.4, -0.2) is 14.2 Å². The van der Waals surface area contributed by atoms with Crippen LogP contribution in [0.2, 0.25) is 0 Å². The third-order valence-electron chi connectivity index (χ3n) is 4.07. The second-order valence-corrected chi connectivity index (χ2v) is 6.77. The Morgan fingerprint density at radius 2 is 1.59 bits per heavy atom. The van der Waals surface area contributed by atoms with Crippen LogP contribution in [0, 0.1) is 0 Å². The van der Waals surface area contributed by atoms with Gasteiger partial charge in [0, 0.05) is 4.47 Å². The van der Waals surface area contributed by atoms with Crippen molar-refractivity contribution in [2.45, 2.75) is 25.6 Å². The van der Waals surface area contributed by atoms with Gasteiger partial charge in [0.25, 0.3) is 0 Å². The fraction of sp³-hybridized carbons (Fsp3) is 0.333. The van der Waals surface area contributed by atoms with Crippen molar-refractivity contribution >= 4 is 15.9 Å². The molecule has 0 amide bonds. The van der Waals surface area contributed by atoms with E-state index < -0.39 is 0 Å². The lowest BCUT2D eigenvalue weighted by molar-refractivity contribution is -0.0341. The van der Waals surface area contributed by atoms with E-state index in [0.29, 0.717) is 0 Å².